The second kappa shape index (κ2) is 4.17. The lowest BCUT2D eigenvalue weighted by Crippen LogP contribution is -2.32. The van der Waals surface area contributed by atoms with Gasteiger partial charge in [-0.25, -0.2) is 0 Å². The van der Waals surface area contributed by atoms with Crippen LogP contribution in [0.5, 0.6) is 0 Å². The second-order valence-corrected chi connectivity index (χ2v) is 6.19. The number of Topliss-reactive ketones (excluding diaryl/α,β-unsaturated/α-hetero) is 1. The van der Waals surface area contributed by atoms with Crippen LogP contribution in [-0.2, 0) is 14.3 Å². The Morgan fingerprint density at radius 1 is 1.22 bits per heavy atom. The van der Waals surface area contributed by atoms with Gasteiger partial charge in [0, 0.05) is 18.9 Å². The summed E-state index contributed by atoms with van der Waals surface area (Å²) in [5, 5.41) is 0. The molecule has 0 bridgehead atoms. The number of hydrogen-bond acceptors (Lipinski definition) is 3. The Hall–Kier alpha value is -0.670. The van der Waals surface area contributed by atoms with Crippen LogP contribution in [0, 0.1) is 23.7 Å². The largest absolute Gasteiger partial charge is 0.353 e. The van der Waals surface area contributed by atoms with Crippen molar-refractivity contribution in [3.63, 3.8) is 0 Å². The van der Waals surface area contributed by atoms with Gasteiger partial charge in [0.2, 0.25) is 0 Å². The smallest absolute Gasteiger partial charge is 0.157 e. The van der Waals surface area contributed by atoms with Crippen LogP contribution < -0.4 is 0 Å². The molecule has 3 heteroatoms. The van der Waals surface area contributed by atoms with Gasteiger partial charge >= 0.3 is 0 Å². The highest BCUT2D eigenvalue weighted by Gasteiger charge is 2.56. The fraction of sp³-hybridized carbons (Fsp3) is 0.800. The lowest BCUT2D eigenvalue weighted by Gasteiger charge is -2.28. The predicted octanol–water partition coefficient (Wildman–Crippen LogP) is 2.31. The normalized spacial score (nSPS) is 49.9. The molecule has 1 heterocycles. The van der Waals surface area contributed by atoms with E-state index in [1.807, 2.05) is 0 Å². The van der Waals surface area contributed by atoms with Gasteiger partial charge < -0.3 is 9.47 Å². The number of carbonyl (C=O) groups is 1. The molecular formula is C15H20O3. The monoisotopic (exact) mass is 248 g/mol. The fourth-order valence-corrected chi connectivity index (χ4v) is 4.44. The van der Waals surface area contributed by atoms with Crippen LogP contribution in [0.25, 0.3) is 0 Å². The number of rotatable bonds is 2. The van der Waals surface area contributed by atoms with Crippen molar-refractivity contribution in [2.45, 2.75) is 44.5 Å². The quantitative estimate of drug-likeness (QED) is 0.703. The van der Waals surface area contributed by atoms with Crippen LogP contribution in [0.15, 0.2) is 12.2 Å². The SMILES string of the molecule is O=C1C[C@@H]2C=C[C@@H]3C[C@@H](O[C@@H]4CCCCO4)[C@H]1[C@@H]32. The minimum Gasteiger partial charge on any atom is -0.353 e. The summed E-state index contributed by atoms with van der Waals surface area (Å²) in [6.07, 6.45) is 9.73. The van der Waals surface area contributed by atoms with E-state index in [1.165, 1.54) is 6.42 Å². The highest BCUT2D eigenvalue weighted by Crippen LogP contribution is 2.54. The molecule has 98 valence electrons. The van der Waals surface area contributed by atoms with Crippen LogP contribution in [0.4, 0.5) is 0 Å². The first-order valence-electron chi connectivity index (χ1n) is 7.31. The second-order valence-electron chi connectivity index (χ2n) is 6.19. The minimum atomic E-state index is -0.0570. The van der Waals surface area contributed by atoms with Gasteiger partial charge in [-0.3, -0.25) is 4.79 Å². The molecule has 0 amide bonds. The maximum atomic E-state index is 12.1. The average molecular weight is 248 g/mol. The van der Waals surface area contributed by atoms with E-state index in [2.05, 4.69) is 12.2 Å². The molecule has 3 aliphatic carbocycles. The Kier molecular flexibility index (Phi) is 2.59. The summed E-state index contributed by atoms with van der Waals surface area (Å²) in [5.74, 6) is 2.22. The fourth-order valence-electron chi connectivity index (χ4n) is 4.44. The average Bonchev–Trinajstić information content (AvgIpc) is 2.99. The van der Waals surface area contributed by atoms with Gasteiger partial charge in [0.05, 0.1) is 6.10 Å². The van der Waals surface area contributed by atoms with E-state index in [-0.39, 0.29) is 18.3 Å². The molecule has 1 aliphatic heterocycles. The van der Waals surface area contributed by atoms with Gasteiger partial charge in [-0.05, 0) is 43.4 Å². The van der Waals surface area contributed by atoms with E-state index < -0.39 is 0 Å². The first kappa shape index (κ1) is 11.2. The standard InChI is InChI=1S/C15H20O3/c16-11-7-9-4-5-10-8-12(15(11)14(9)10)18-13-3-1-2-6-17-13/h4-5,9-10,12-15H,1-3,6-8H2/t9-,10+,12+,13+,14+,15-/m0/s1. The summed E-state index contributed by atoms with van der Waals surface area (Å²) in [6, 6.07) is 0. The molecule has 0 unspecified atom stereocenters. The third-order valence-electron chi connectivity index (χ3n) is 5.19. The molecule has 1 saturated heterocycles. The molecule has 0 aromatic heterocycles. The lowest BCUT2D eigenvalue weighted by atomic mass is 9.91. The number of ether oxygens (including phenoxy) is 2. The summed E-state index contributed by atoms with van der Waals surface area (Å²) in [6.45, 7) is 0.811. The van der Waals surface area contributed by atoms with Crippen molar-refractivity contribution in [1.82, 2.24) is 0 Å². The molecule has 0 radical (unpaired) electrons. The summed E-state index contributed by atoms with van der Waals surface area (Å²) in [7, 11) is 0. The Balaban J connectivity index is 1.49. The zero-order valence-electron chi connectivity index (χ0n) is 10.6. The number of carbonyl (C=O) groups excluding carboxylic acids is 1. The van der Waals surface area contributed by atoms with Crippen LogP contribution in [0.1, 0.15) is 32.1 Å². The highest BCUT2D eigenvalue weighted by molar-refractivity contribution is 5.85. The molecule has 4 aliphatic rings. The molecule has 6 atom stereocenters. The molecule has 0 spiro atoms. The zero-order valence-corrected chi connectivity index (χ0v) is 10.6. The summed E-state index contributed by atoms with van der Waals surface area (Å²) in [5.41, 5.74) is 0. The van der Waals surface area contributed by atoms with Crippen LogP contribution in [-0.4, -0.2) is 24.8 Å². The third-order valence-corrected chi connectivity index (χ3v) is 5.19. The van der Waals surface area contributed by atoms with E-state index in [0.29, 0.717) is 23.5 Å². The van der Waals surface area contributed by atoms with E-state index >= 15 is 0 Å². The maximum absolute atomic E-state index is 12.1. The van der Waals surface area contributed by atoms with Crippen molar-refractivity contribution in [2.24, 2.45) is 23.7 Å². The van der Waals surface area contributed by atoms with Crippen molar-refractivity contribution in [3.8, 4) is 0 Å². The minimum absolute atomic E-state index is 0.0570. The van der Waals surface area contributed by atoms with Crippen molar-refractivity contribution in [2.75, 3.05) is 6.61 Å². The summed E-state index contributed by atoms with van der Waals surface area (Å²) in [4.78, 5) is 12.1. The molecule has 4 rings (SSSR count). The molecule has 0 aromatic rings. The lowest BCUT2D eigenvalue weighted by molar-refractivity contribution is -0.195. The van der Waals surface area contributed by atoms with Crippen LogP contribution in [0.2, 0.25) is 0 Å². The van der Waals surface area contributed by atoms with Crippen LogP contribution >= 0.6 is 0 Å². The van der Waals surface area contributed by atoms with Crippen molar-refractivity contribution >= 4 is 5.78 Å². The molecule has 0 N–H and O–H groups in total. The molecule has 0 aromatic carbocycles. The van der Waals surface area contributed by atoms with E-state index in [4.69, 9.17) is 9.47 Å². The Morgan fingerprint density at radius 3 is 2.94 bits per heavy atom. The van der Waals surface area contributed by atoms with Gasteiger partial charge in [0.25, 0.3) is 0 Å². The molecule has 3 nitrogen and oxygen atoms in total. The van der Waals surface area contributed by atoms with Crippen LogP contribution in [0.3, 0.4) is 0 Å². The molecule has 3 fully saturated rings. The Bertz CT molecular complexity index is 383. The van der Waals surface area contributed by atoms with Gasteiger partial charge in [0.15, 0.2) is 6.29 Å². The maximum Gasteiger partial charge on any atom is 0.157 e. The molecule has 2 saturated carbocycles. The number of hydrogen-bond donors (Lipinski definition) is 0. The van der Waals surface area contributed by atoms with Crippen molar-refractivity contribution in [1.29, 1.82) is 0 Å². The van der Waals surface area contributed by atoms with E-state index in [1.54, 1.807) is 0 Å². The summed E-state index contributed by atoms with van der Waals surface area (Å²) < 4.78 is 11.8. The first-order chi connectivity index (χ1) is 8.83. The highest BCUT2D eigenvalue weighted by atomic mass is 16.7. The molecule has 18 heavy (non-hydrogen) atoms. The summed E-state index contributed by atoms with van der Waals surface area (Å²) >= 11 is 0. The number of allylic oxidation sites excluding steroid dienone is 2. The van der Waals surface area contributed by atoms with Gasteiger partial charge in [-0.2, -0.15) is 0 Å². The Labute approximate surface area is 108 Å². The topological polar surface area (TPSA) is 35.5 Å². The van der Waals surface area contributed by atoms with Gasteiger partial charge in [-0.15, -0.1) is 0 Å². The Morgan fingerprint density at radius 2 is 2.11 bits per heavy atom. The molecular weight excluding hydrogens is 228 g/mol. The van der Waals surface area contributed by atoms with Gasteiger partial charge in [0.1, 0.15) is 5.78 Å². The van der Waals surface area contributed by atoms with E-state index in [0.717, 1.165) is 32.3 Å². The first-order valence-corrected chi connectivity index (χ1v) is 7.31. The van der Waals surface area contributed by atoms with Crippen molar-refractivity contribution < 1.29 is 14.3 Å². The van der Waals surface area contributed by atoms with Crippen molar-refractivity contribution in [3.05, 3.63) is 12.2 Å². The third kappa shape index (κ3) is 1.60. The van der Waals surface area contributed by atoms with Gasteiger partial charge in [-0.1, -0.05) is 12.2 Å². The zero-order chi connectivity index (χ0) is 12.1. The number of ketones is 1. The predicted molar refractivity (Wildman–Crippen MR) is 65.8 cm³/mol. The van der Waals surface area contributed by atoms with E-state index in [9.17, 15) is 4.79 Å².